The minimum absolute atomic E-state index is 0.572. The van der Waals surface area contributed by atoms with Gasteiger partial charge in [-0.3, -0.25) is 4.90 Å². The van der Waals surface area contributed by atoms with Crippen molar-refractivity contribution >= 4 is 5.69 Å². The molecule has 2 nitrogen and oxygen atoms in total. The number of nitrogen functional groups attached to an aromatic ring is 1. The number of hydrogen-bond donors (Lipinski definition) is 1. The summed E-state index contributed by atoms with van der Waals surface area (Å²) in [7, 11) is 0. The molecule has 100 valence electrons. The Morgan fingerprint density at radius 3 is 2.56 bits per heavy atom. The van der Waals surface area contributed by atoms with E-state index in [-0.39, 0.29) is 0 Å². The summed E-state index contributed by atoms with van der Waals surface area (Å²) in [5, 5.41) is 0. The number of aryl methyl sites for hydroxylation is 1. The Morgan fingerprint density at radius 2 is 2.00 bits per heavy atom. The summed E-state index contributed by atoms with van der Waals surface area (Å²) < 4.78 is 0. The van der Waals surface area contributed by atoms with Gasteiger partial charge in [0, 0.05) is 18.8 Å². The molecule has 18 heavy (non-hydrogen) atoms. The van der Waals surface area contributed by atoms with Crippen molar-refractivity contribution in [3.05, 3.63) is 29.3 Å². The molecule has 1 aromatic carbocycles. The lowest BCUT2D eigenvalue weighted by molar-refractivity contribution is 0.236. The summed E-state index contributed by atoms with van der Waals surface area (Å²) in [6.45, 7) is 10.3. The zero-order valence-corrected chi connectivity index (χ0v) is 12.0. The Bertz CT molecular complexity index is 408. The molecule has 0 radical (unpaired) electrons. The molecule has 0 spiro atoms. The van der Waals surface area contributed by atoms with Crippen molar-refractivity contribution in [2.75, 3.05) is 18.8 Å². The van der Waals surface area contributed by atoms with Crippen LogP contribution in [0.15, 0.2) is 18.2 Å². The van der Waals surface area contributed by atoms with Gasteiger partial charge in [0.1, 0.15) is 0 Å². The molecular formula is C16H26N2. The largest absolute Gasteiger partial charge is 0.399 e. The molecule has 1 saturated heterocycles. The first-order valence-corrected chi connectivity index (χ1v) is 7.16. The van der Waals surface area contributed by atoms with Gasteiger partial charge >= 0.3 is 0 Å². The lowest BCUT2D eigenvalue weighted by Crippen LogP contribution is -2.26. The quantitative estimate of drug-likeness (QED) is 0.823. The van der Waals surface area contributed by atoms with Crippen molar-refractivity contribution in [3.63, 3.8) is 0 Å². The lowest BCUT2D eigenvalue weighted by Gasteiger charge is -2.26. The van der Waals surface area contributed by atoms with Crippen LogP contribution in [0.25, 0.3) is 0 Å². The highest BCUT2D eigenvalue weighted by molar-refractivity contribution is 5.47. The minimum atomic E-state index is 0.572. The van der Waals surface area contributed by atoms with E-state index in [1.807, 2.05) is 6.07 Å². The molecule has 1 aliphatic heterocycles. The Morgan fingerprint density at radius 1 is 1.28 bits per heavy atom. The summed E-state index contributed by atoms with van der Waals surface area (Å²) in [6.07, 6.45) is 3.97. The SMILES string of the molecule is CCC1(CC)CCN(Cc2ccc(N)c(C)c2)C1. The van der Waals surface area contributed by atoms with Crippen molar-refractivity contribution < 1.29 is 0 Å². The van der Waals surface area contributed by atoms with E-state index in [0.29, 0.717) is 5.41 Å². The molecule has 0 unspecified atom stereocenters. The maximum absolute atomic E-state index is 5.87. The normalized spacial score (nSPS) is 19.3. The average molecular weight is 246 g/mol. The molecule has 2 rings (SSSR count). The van der Waals surface area contributed by atoms with Crippen molar-refractivity contribution in [1.82, 2.24) is 4.90 Å². The third-order valence-corrected chi connectivity index (χ3v) is 4.76. The van der Waals surface area contributed by atoms with Crippen LogP contribution in [0.2, 0.25) is 0 Å². The molecule has 1 aromatic rings. The van der Waals surface area contributed by atoms with Crippen LogP contribution in [0, 0.1) is 12.3 Å². The number of anilines is 1. The third-order valence-electron chi connectivity index (χ3n) is 4.76. The zero-order valence-electron chi connectivity index (χ0n) is 12.0. The second-order valence-corrected chi connectivity index (χ2v) is 5.86. The van der Waals surface area contributed by atoms with Crippen LogP contribution < -0.4 is 5.73 Å². The first-order valence-electron chi connectivity index (χ1n) is 7.16. The van der Waals surface area contributed by atoms with Crippen LogP contribution in [-0.2, 0) is 6.54 Å². The Labute approximate surface area is 111 Å². The molecule has 0 atom stereocenters. The highest BCUT2D eigenvalue weighted by atomic mass is 15.2. The van der Waals surface area contributed by atoms with E-state index in [2.05, 4.69) is 37.8 Å². The summed E-state index contributed by atoms with van der Waals surface area (Å²) in [6, 6.07) is 6.43. The molecule has 0 aromatic heterocycles. The minimum Gasteiger partial charge on any atom is -0.399 e. The molecule has 2 N–H and O–H groups in total. The fourth-order valence-corrected chi connectivity index (χ4v) is 3.08. The van der Waals surface area contributed by atoms with Gasteiger partial charge in [0.15, 0.2) is 0 Å². The number of nitrogens with zero attached hydrogens (tertiary/aromatic N) is 1. The number of benzene rings is 1. The molecule has 0 aliphatic carbocycles. The van der Waals surface area contributed by atoms with Crippen molar-refractivity contribution in [2.45, 2.75) is 46.6 Å². The van der Waals surface area contributed by atoms with E-state index in [1.165, 1.54) is 43.5 Å². The summed E-state index contributed by atoms with van der Waals surface area (Å²) in [4.78, 5) is 2.60. The number of nitrogens with two attached hydrogens (primary N) is 1. The maximum atomic E-state index is 5.87. The lowest BCUT2D eigenvalue weighted by atomic mass is 9.82. The smallest absolute Gasteiger partial charge is 0.0343 e. The van der Waals surface area contributed by atoms with E-state index in [1.54, 1.807) is 0 Å². The van der Waals surface area contributed by atoms with Gasteiger partial charge in [-0.25, -0.2) is 0 Å². The van der Waals surface area contributed by atoms with Gasteiger partial charge in [-0.1, -0.05) is 26.0 Å². The number of likely N-dealkylation sites (tertiary alicyclic amines) is 1. The highest BCUT2D eigenvalue weighted by Crippen LogP contribution is 2.37. The molecule has 2 heteroatoms. The summed E-state index contributed by atoms with van der Waals surface area (Å²) >= 11 is 0. The fraction of sp³-hybridized carbons (Fsp3) is 0.625. The zero-order chi connectivity index (χ0) is 13.2. The second-order valence-electron chi connectivity index (χ2n) is 5.86. The van der Waals surface area contributed by atoms with Gasteiger partial charge in [0.25, 0.3) is 0 Å². The first kappa shape index (κ1) is 13.4. The molecule has 1 aliphatic rings. The Hall–Kier alpha value is -1.02. The van der Waals surface area contributed by atoms with E-state index in [4.69, 9.17) is 5.73 Å². The Kier molecular flexibility index (Phi) is 3.96. The molecule has 0 saturated carbocycles. The van der Waals surface area contributed by atoms with Gasteiger partial charge in [-0.05, 0) is 55.3 Å². The van der Waals surface area contributed by atoms with Crippen molar-refractivity contribution in [3.8, 4) is 0 Å². The average Bonchev–Trinajstić information content (AvgIpc) is 2.78. The van der Waals surface area contributed by atoms with E-state index in [9.17, 15) is 0 Å². The van der Waals surface area contributed by atoms with Gasteiger partial charge in [-0.15, -0.1) is 0 Å². The van der Waals surface area contributed by atoms with Crippen LogP contribution in [0.5, 0.6) is 0 Å². The predicted molar refractivity (Wildman–Crippen MR) is 78.5 cm³/mol. The van der Waals surface area contributed by atoms with Gasteiger partial charge in [0.05, 0.1) is 0 Å². The molecular weight excluding hydrogens is 220 g/mol. The second kappa shape index (κ2) is 5.31. The first-order chi connectivity index (χ1) is 8.58. The molecule has 1 heterocycles. The topological polar surface area (TPSA) is 29.3 Å². The number of rotatable bonds is 4. The highest BCUT2D eigenvalue weighted by Gasteiger charge is 2.34. The van der Waals surface area contributed by atoms with Crippen LogP contribution >= 0.6 is 0 Å². The summed E-state index contributed by atoms with van der Waals surface area (Å²) in [5.41, 5.74) is 9.93. The molecule has 0 bridgehead atoms. The fourth-order valence-electron chi connectivity index (χ4n) is 3.08. The van der Waals surface area contributed by atoms with Crippen molar-refractivity contribution in [1.29, 1.82) is 0 Å². The predicted octanol–water partition coefficient (Wildman–Crippen LogP) is 3.59. The third kappa shape index (κ3) is 2.69. The maximum Gasteiger partial charge on any atom is 0.0343 e. The van der Waals surface area contributed by atoms with E-state index >= 15 is 0 Å². The van der Waals surface area contributed by atoms with Crippen LogP contribution in [0.4, 0.5) is 5.69 Å². The van der Waals surface area contributed by atoms with Crippen LogP contribution in [0.3, 0.4) is 0 Å². The number of hydrogen-bond acceptors (Lipinski definition) is 2. The van der Waals surface area contributed by atoms with E-state index < -0.39 is 0 Å². The monoisotopic (exact) mass is 246 g/mol. The Balaban J connectivity index is 2.01. The molecule has 1 fully saturated rings. The standard InChI is InChI=1S/C16H26N2/c1-4-16(5-2)8-9-18(12-16)11-14-6-7-15(17)13(3)10-14/h6-7,10H,4-5,8-9,11-12,17H2,1-3H3. The van der Waals surface area contributed by atoms with Gasteiger partial charge in [-0.2, -0.15) is 0 Å². The van der Waals surface area contributed by atoms with Gasteiger partial charge in [0.2, 0.25) is 0 Å². The summed E-state index contributed by atoms with van der Waals surface area (Å²) in [5.74, 6) is 0. The molecule has 0 amide bonds. The van der Waals surface area contributed by atoms with E-state index in [0.717, 1.165) is 12.2 Å². The van der Waals surface area contributed by atoms with Crippen molar-refractivity contribution in [2.24, 2.45) is 5.41 Å². The van der Waals surface area contributed by atoms with Crippen LogP contribution in [-0.4, -0.2) is 18.0 Å². The van der Waals surface area contributed by atoms with Crippen LogP contribution in [0.1, 0.15) is 44.2 Å². The van der Waals surface area contributed by atoms with Gasteiger partial charge < -0.3 is 5.73 Å².